The van der Waals surface area contributed by atoms with Gasteiger partial charge >= 0.3 is 0 Å². The Morgan fingerprint density at radius 3 is 2.50 bits per heavy atom. The molecular formula is C16H27FN2O. The second-order valence-corrected chi connectivity index (χ2v) is 5.36. The SMILES string of the molecule is CCCNC(CCN(C)C(C)CO)c1ccc(F)cc1. The number of halogens is 1. The smallest absolute Gasteiger partial charge is 0.123 e. The maximum absolute atomic E-state index is 13.0. The standard InChI is InChI=1S/C16H27FN2O/c1-4-10-18-16(9-11-19(3)13(2)12-20)14-5-7-15(17)8-6-14/h5-8,13,16,18,20H,4,9-12H2,1-3H3. The number of likely N-dealkylation sites (N-methyl/N-ethyl adjacent to an activating group) is 1. The molecule has 0 spiro atoms. The van der Waals surface area contributed by atoms with Crippen molar-refractivity contribution in [2.45, 2.75) is 38.8 Å². The summed E-state index contributed by atoms with van der Waals surface area (Å²) < 4.78 is 13.0. The molecule has 0 aromatic heterocycles. The van der Waals surface area contributed by atoms with Gasteiger partial charge in [0.15, 0.2) is 0 Å². The minimum absolute atomic E-state index is 0.162. The second kappa shape index (κ2) is 9.06. The van der Waals surface area contributed by atoms with Crippen LogP contribution in [-0.2, 0) is 0 Å². The first-order valence-corrected chi connectivity index (χ1v) is 7.38. The van der Waals surface area contributed by atoms with Crippen molar-refractivity contribution in [3.8, 4) is 0 Å². The van der Waals surface area contributed by atoms with E-state index in [0.29, 0.717) is 0 Å². The summed E-state index contributed by atoms with van der Waals surface area (Å²) in [5.41, 5.74) is 1.12. The van der Waals surface area contributed by atoms with E-state index in [0.717, 1.165) is 31.5 Å². The molecule has 0 heterocycles. The molecule has 0 aliphatic heterocycles. The van der Waals surface area contributed by atoms with Crippen molar-refractivity contribution in [2.75, 3.05) is 26.7 Å². The predicted octanol–water partition coefficient (Wildman–Crippen LogP) is 2.57. The van der Waals surface area contributed by atoms with E-state index in [2.05, 4.69) is 17.1 Å². The monoisotopic (exact) mass is 282 g/mol. The molecule has 0 saturated heterocycles. The number of aliphatic hydroxyl groups is 1. The molecule has 114 valence electrons. The molecule has 0 aliphatic carbocycles. The maximum Gasteiger partial charge on any atom is 0.123 e. The van der Waals surface area contributed by atoms with Gasteiger partial charge in [0.1, 0.15) is 5.82 Å². The fourth-order valence-corrected chi connectivity index (χ4v) is 2.09. The normalized spacial score (nSPS) is 14.5. The van der Waals surface area contributed by atoms with E-state index in [4.69, 9.17) is 5.11 Å². The van der Waals surface area contributed by atoms with Crippen molar-refractivity contribution in [3.05, 3.63) is 35.6 Å². The third-order valence-electron chi connectivity index (χ3n) is 3.70. The van der Waals surface area contributed by atoms with Crippen LogP contribution < -0.4 is 5.32 Å². The zero-order chi connectivity index (χ0) is 15.0. The number of hydrogen-bond acceptors (Lipinski definition) is 3. The predicted molar refractivity (Wildman–Crippen MR) is 81.2 cm³/mol. The Labute approximate surface area is 121 Å². The molecule has 2 unspecified atom stereocenters. The van der Waals surface area contributed by atoms with Crippen LogP contribution in [0.25, 0.3) is 0 Å². The first-order valence-electron chi connectivity index (χ1n) is 7.38. The Kier molecular flexibility index (Phi) is 7.73. The van der Waals surface area contributed by atoms with Crippen molar-refractivity contribution in [1.82, 2.24) is 10.2 Å². The molecule has 0 radical (unpaired) electrons. The molecule has 2 N–H and O–H groups in total. The second-order valence-electron chi connectivity index (χ2n) is 5.36. The van der Waals surface area contributed by atoms with Crippen LogP contribution in [0.2, 0.25) is 0 Å². The number of rotatable bonds is 9. The first-order chi connectivity index (χ1) is 9.58. The molecule has 1 rings (SSSR count). The molecular weight excluding hydrogens is 255 g/mol. The van der Waals surface area contributed by atoms with Crippen molar-refractivity contribution in [3.63, 3.8) is 0 Å². The highest BCUT2D eigenvalue weighted by molar-refractivity contribution is 5.20. The van der Waals surface area contributed by atoms with E-state index >= 15 is 0 Å². The maximum atomic E-state index is 13.0. The Morgan fingerprint density at radius 2 is 1.95 bits per heavy atom. The van der Waals surface area contributed by atoms with Crippen molar-refractivity contribution in [2.24, 2.45) is 0 Å². The topological polar surface area (TPSA) is 35.5 Å². The highest BCUT2D eigenvalue weighted by Gasteiger charge is 2.14. The van der Waals surface area contributed by atoms with Crippen LogP contribution in [0.1, 0.15) is 38.3 Å². The van der Waals surface area contributed by atoms with E-state index in [1.54, 1.807) is 0 Å². The highest BCUT2D eigenvalue weighted by atomic mass is 19.1. The summed E-state index contributed by atoms with van der Waals surface area (Å²) in [7, 11) is 2.02. The lowest BCUT2D eigenvalue weighted by Gasteiger charge is -2.26. The van der Waals surface area contributed by atoms with Crippen molar-refractivity contribution >= 4 is 0 Å². The van der Waals surface area contributed by atoms with Gasteiger partial charge in [-0.25, -0.2) is 4.39 Å². The molecule has 20 heavy (non-hydrogen) atoms. The van der Waals surface area contributed by atoms with Gasteiger partial charge in [0.25, 0.3) is 0 Å². The van der Waals surface area contributed by atoms with E-state index in [9.17, 15) is 4.39 Å². The molecule has 4 heteroatoms. The van der Waals surface area contributed by atoms with Gasteiger partial charge in [-0.3, -0.25) is 0 Å². The molecule has 0 bridgehead atoms. The van der Waals surface area contributed by atoms with E-state index in [1.807, 2.05) is 26.1 Å². The summed E-state index contributed by atoms with van der Waals surface area (Å²) in [5, 5.41) is 12.7. The molecule has 0 saturated carbocycles. The van der Waals surface area contributed by atoms with Gasteiger partial charge in [-0.2, -0.15) is 0 Å². The Balaban J connectivity index is 2.62. The lowest BCUT2D eigenvalue weighted by atomic mass is 10.0. The fraction of sp³-hybridized carbons (Fsp3) is 0.625. The average molecular weight is 282 g/mol. The largest absolute Gasteiger partial charge is 0.395 e. The first kappa shape index (κ1) is 17.1. The number of benzene rings is 1. The quantitative estimate of drug-likeness (QED) is 0.731. The van der Waals surface area contributed by atoms with Gasteiger partial charge in [-0.1, -0.05) is 19.1 Å². The third kappa shape index (κ3) is 5.57. The average Bonchev–Trinajstić information content (AvgIpc) is 2.47. The molecule has 0 fully saturated rings. The van der Waals surface area contributed by atoms with E-state index in [1.165, 1.54) is 12.1 Å². The van der Waals surface area contributed by atoms with Crippen LogP contribution >= 0.6 is 0 Å². The molecule has 0 amide bonds. The van der Waals surface area contributed by atoms with Crippen molar-refractivity contribution < 1.29 is 9.50 Å². The van der Waals surface area contributed by atoms with Gasteiger partial charge in [0.05, 0.1) is 6.61 Å². The number of nitrogens with zero attached hydrogens (tertiary/aromatic N) is 1. The van der Waals surface area contributed by atoms with Crippen LogP contribution in [0.15, 0.2) is 24.3 Å². The van der Waals surface area contributed by atoms with Gasteiger partial charge in [0.2, 0.25) is 0 Å². The van der Waals surface area contributed by atoms with Gasteiger partial charge in [-0.05, 0) is 51.1 Å². The van der Waals surface area contributed by atoms with Gasteiger partial charge < -0.3 is 15.3 Å². The van der Waals surface area contributed by atoms with Crippen LogP contribution in [-0.4, -0.2) is 42.8 Å². The summed E-state index contributed by atoms with van der Waals surface area (Å²) in [6, 6.07) is 7.10. The minimum atomic E-state index is -0.200. The van der Waals surface area contributed by atoms with Gasteiger partial charge in [0, 0.05) is 18.6 Å². The zero-order valence-electron chi connectivity index (χ0n) is 12.8. The van der Waals surface area contributed by atoms with Crippen LogP contribution in [0.3, 0.4) is 0 Å². The number of nitrogens with one attached hydrogen (secondary N) is 1. The number of hydrogen-bond donors (Lipinski definition) is 2. The summed E-state index contributed by atoms with van der Waals surface area (Å²) in [6.07, 6.45) is 2.01. The molecule has 3 nitrogen and oxygen atoms in total. The summed E-state index contributed by atoms with van der Waals surface area (Å²) >= 11 is 0. The van der Waals surface area contributed by atoms with Crippen LogP contribution in [0.4, 0.5) is 4.39 Å². The summed E-state index contributed by atoms with van der Waals surface area (Å²) in [4.78, 5) is 2.14. The molecule has 0 aliphatic rings. The third-order valence-corrected chi connectivity index (χ3v) is 3.70. The molecule has 2 atom stereocenters. The highest BCUT2D eigenvalue weighted by Crippen LogP contribution is 2.18. The van der Waals surface area contributed by atoms with Crippen molar-refractivity contribution in [1.29, 1.82) is 0 Å². The Morgan fingerprint density at radius 1 is 1.30 bits per heavy atom. The van der Waals surface area contributed by atoms with Gasteiger partial charge in [-0.15, -0.1) is 0 Å². The minimum Gasteiger partial charge on any atom is -0.395 e. The summed E-state index contributed by atoms with van der Waals surface area (Å²) in [6.45, 7) is 6.14. The lowest BCUT2D eigenvalue weighted by Crippen LogP contribution is -2.35. The number of aliphatic hydroxyl groups excluding tert-OH is 1. The Hall–Kier alpha value is -0.970. The summed E-state index contributed by atoms with van der Waals surface area (Å²) in [5.74, 6) is -0.200. The van der Waals surface area contributed by atoms with Crippen LogP contribution in [0, 0.1) is 5.82 Å². The molecule has 1 aromatic rings. The molecule has 1 aromatic carbocycles. The fourth-order valence-electron chi connectivity index (χ4n) is 2.09. The van der Waals surface area contributed by atoms with E-state index < -0.39 is 0 Å². The van der Waals surface area contributed by atoms with Crippen LogP contribution in [0.5, 0.6) is 0 Å². The zero-order valence-corrected chi connectivity index (χ0v) is 12.8. The Bertz CT molecular complexity index is 369. The lowest BCUT2D eigenvalue weighted by molar-refractivity contribution is 0.154. The van der Waals surface area contributed by atoms with E-state index in [-0.39, 0.29) is 24.5 Å².